The zero-order valence-electron chi connectivity index (χ0n) is 13.5. The lowest BCUT2D eigenvalue weighted by Crippen LogP contribution is -2.24. The van der Waals surface area contributed by atoms with E-state index < -0.39 is 11.7 Å². The third kappa shape index (κ3) is 2.69. The SMILES string of the molecule is Nc1onc(-c2coc3ccccc23)c1C(=O)NCc1ccccc1F. The fraction of sp³-hybridized carbons (Fsp3) is 0.0526. The highest BCUT2D eigenvalue weighted by molar-refractivity contribution is 6.06. The Hall–Kier alpha value is -3.61. The molecule has 0 atom stereocenters. The lowest BCUT2D eigenvalue weighted by molar-refractivity contribution is 0.0951. The molecule has 0 spiro atoms. The van der Waals surface area contributed by atoms with Gasteiger partial charge in [-0.3, -0.25) is 4.79 Å². The molecule has 26 heavy (non-hydrogen) atoms. The second kappa shape index (κ2) is 6.36. The number of para-hydroxylation sites is 1. The predicted octanol–water partition coefficient (Wildman–Crippen LogP) is 3.74. The maximum absolute atomic E-state index is 13.7. The number of nitrogens with one attached hydrogen (secondary N) is 1. The first-order valence-corrected chi connectivity index (χ1v) is 7.88. The van der Waals surface area contributed by atoms with E-state index in [0.29, 0.717) is 16.7 Å². The molecule has 2 aromatic carbocycles. The molecule has 6 nitrogen and oxygen atoms in total. The van der Waals surface area contributed by atoms with Crippen LogP contribution in [0.1, 0.15) is 15.9 Å². The van der Waals surface area contributed by atoms with Crippen LogP contribution in [0.15, 0.2) is 63.7 Å². The maximum atomic E-state index is 13.7. The van der Waals surface area contributed by atoms with Crippen LogP contribution in [0.2, 0.25) is 0 Å². The van der Waals surface area contributed by atoms with Gasteiger partial charge >= 0.3 is 0 Å². The Morgan fingerprint density at radius 1 is 1.15 bits per heavy atom. The number of fused-ring (bicyclic) bond motifs is 1. The summed E-state index contributed by atoms with van der Waals surface area (Å²) in [6, 6.07) is 13.6. The molecule has 0 fully saturated rings. The molecule has 0 aliphatic carbocycles. The largest absolute Gasteiger partial charge is 0.464 e. The van der Waals surface area contributed by atoms with E-state index in [1.165, 1.54) is 12.3 Å². The van der Waals surface area contributed by atoms with E-state index in [1.54, 1.807) is 24.3 Å². The second-order valence-corrected chi connectivity index (χ2v) is 5.69. The van der Waals surface area contributed by atoms with Crippen molar-refractivity contribution in [1.29, 1.82) is 0 Å². The number of nitrogens with two attached hydrogens (primary N) is 1. The summed E-state index contributed by atoms with van der Waals surface area (Å²) in [6.45, 7) is 0.0156. The normalized spacial score (nSPS) is 11.0. The number of carbonyl (C=O) groups is 1. The van der Waals surface area contributed by atoms with Gasteiger partial charge in [-0.05, 0) is 12.1 Å². The monoisotopic (exact) mass is 351 g/mol. The molecule has 0 radical (unpaired) electrons. The van der Waals surface area contributed by atoms with Gasteiger partial charge in [-0.1, -0.05) is 41.6 Å². The summed E-state index contributed by atoms with van der Waals surface area (Å²) in [5.41, 5.74) is 7.78. The highest BCUT2D eigenvalue weighted by Gasteiger charge is 2.25. The summed E-state index contributed by atoms with van der Waals surface area (Å²) in [4.78, 5) is 12.6. The summed E-state index contributed by atoms with van der Waals surface area (Å²) in [5.74, 6) is -1.02. The minimum Gasteiger partial charge on any atom is -0.464 e. The number of hydrogen-bond donors (Lipinski definition) is 2. The fourth-order valence-electron chi connectivity index (χ4n) is 2.77. The average molecular weight is 351 g/mol. The van der Waals surface area contributed by atoms with Crippen LogP contribution in [0.5, 0.6) is 0 Å². The molecule has 3 N–H and O–H groups in total. The molecule has 2 aromatic heterocycles. The second-order valence-electron chi connectivity index (χ2n) is 5.69. The average Bonchev–Trinajstić information content (AvgIpc) is 3.24. The van der Waals surface area contributed by atoms with Crippen LogP contribution in [0.25, 0.3) is 22.2 Å². The van der Waals surface area contributed by atoms with Gasteiger partial charge in [-0.25, -0.2) is 4.39 Å². The van der Waals surface area contributed by atoms with Crippen LogP contribution in [-0.4, -0.2) is 11.1 Å². The van der Waals surface area contributed by atoms with Gasteiger partial charge in [-0.15, -0.1) is 0 Å². The molecule has 1 amide bonds. The van der Waals surface area contributed by atoms with Crippen molar-refractivity contribution in [2.75, 3.05) is 5.73 Å². The third-order valence-electron chi connectivity index (χ3n) is 4.08. The van der Waals surface area contributed by atoms with Crippen molar-refractivity contribution in [3.05, 3.63) is 71.7 Å². The van der Waals surface area contributed by atoms with Crippen LogP contribution in [0.4, 0.5) is 10.3 Å². The molecule has 130 valence electrons. The van der Waals surface area contributed by atoms with Gasteiger partial charge in [0, 0.05) is 17.5 Å². The van der Waals surface area contributed by atoms with Gasteiger partial charge in [0.1, 0.15) is 28.9 Å². The predicted molar refractivity (Wildman–Crippen MR) is 93.7 cm³/mol. The number of nitrogen functional groups attached to an aromatic ring is 1. The van der Waals surface area contributed by atoms with Gasteiger partial charge in [-0.2, -0.15) is 0 Å². The van der Waals surface area contributed by atoms with E-state index in [4.69, 9.17) is 14.7 Å². The zero-order chi connectivity index (χ0) is 18.1. The first kappa shape index (κ1) is 15.9. The molecule has 4 rings (SSSR count). The van der Waals surface area contributed by atoms with Crippen molar-refractivity contribution in [1.82, 2.24) is 10.5 Å². The Bertz CT molecular complexity index is 1100. The molecule has 0 saturated heterocycles. The number of aromatic nitrogens is 1. The molecular weight excluding hydrogens is 337 g/mol. The number of furan rings is 1. The Morgan fingerprint density at radius 2 is 1.92 bits per heavy atom. The zero-order valence-corrected chi connectivity index (χ0v) is 13.5. The number of halogens is 1. The quantitative estimate of drug-likeness (QED) is 0.584. The molecule has 0 unspecified atom stereocenters. The summed E-state index contributed by atoms with van der Waals surface area (Å²) in [7, 11) is 0. The van der Waals surface area contributed by atoms with Crippen LogP contribution in [0, 0.1) is 5.82 Å². The molecular formula is C19H14FN3O3. The van der Waals surface area contributed by atoms with Crippen molar-refractivity contribution >= 4 is 22.8 Å². The first-order chi connectivity index (χ1) is 12.6. The van der Waals surface area contributed by atoms with Crippen LogP contribution >= 0.6 is 0 Å². The van der Waals surface area contributed by atoms with E-state index in [1.807, 2.05) is 18.2 Å². The number of benzene rings is 2. The lowest BCUT2D eigenvalue weighted by atomic mass is 10.1. The number of rotatable bonds is 4. The Kier molecular flexibility index (Phi) is 3.89. The molecule has 0 aliphatic heterocycles. The minimum absolute atomic E-state index is 0.0156. The molecule has 0 aliphatic rings. The summed E-state index contributed by atoms with van der Waals surface area (Å²) in [6.07, 6.45) is 1.50. The van der Waals surface area contributed by atoms with Crippen molar-refractivity contribution in [2.24, 2.45) is 0 Å². The smallest absolute Gasteiger partial charge is 0.259 e. The number of nitrogens with zero attached hydrogens (tertiary/aromatic N) is 1. The third-order valence-corrected chi connectivity index (χ3v) is 4.08. The highest BCUT2D eigenvalue weighted by atomic mass is 19.1. The van der Waals surface area contributed by atoms with E-state index in [0.717, 1.165) is 5.39 Å². The summed E-state index contributed by atoms with van der Waals surface area (Å²) >= 11 is 0. The summed E-state index contributed by atoms with van der Waals surface area (Å²) < 4.78 is 24.2. The van der Waals surface area contributed by atoms with E-state index in [2.05, 4.69) is 10.5 Å². The maximum Gasteiger partial charge on any atom is 0.259 e. The van der Waals surface area contributed by atoms with Gasteiger partial charge in [0.15, 0.2) is 0 Å². The molecule has 7 heteroatoms. The Morgan fingerprint density at radius 3 is 2.77 bits per heavy atom. The van der Waals surface area contributed by atoms with Crippen molar-refractivity contribution in [2.45, 2.75) is 6.54 Å². The van der Waals surface area contributed by atoms with Gasteiger partial charge in [0.05, 0.1) is 5.56 Å². The number of carbonyl (C=O) groups excluding carboxylic acids is 1. The van der Waals surface area contributed by atoms with E-state index in [-0.39, 0.29) is 23.7 Å². The van der Waals surface area contributed by atoms with Gasteiger partial charge in [0.2, 0.25) is 5.88 Å². The molecule has 0 bridgehead atoms. The number of anilines is 1. The van der Waals surface area contributed by atoms with Crippen molar-refractivity contribution in [3.8, 4) is 11.3 Å². The topological polar surface area (TPSA) is 94.3 Å². The van der Waals surface area contributed by atoms with E-state index >= 15 is 0 Å². The van der Waals surface area contributed by atoms with Gasteiger partial charge < -0.3 is 20.0 Å². The Labute approximate surface area is 147 Å². The Balaban J connectivity index is 1.66. The van der Waals surface area contributed by atoms with Gasteiger partial charge in [0.25, 0.3) is 5.91 Å². The molecule has 4 aromatic rings. The van der Waals surface area contributed by atoms with Crippen molar-refractivity contribution in [3.63, 3.8) is 0 Å². The van der Waals surface area contributed by atoms with Crippen LogP contribution in [-0.2, 0) is 6.54 Å². The number of amides is 1. The van der Waals surface area contributed by atoms with Crippen LogP contribution in [0.3, 0.4) is 0 Å². The standard InChI is InChI=1S/C19H14FN3O3/c20-14-7-3-1-5-11(14)9-22-19(24)16-17(23-26-18(16)21)13-10-25-15-8-4-2-6-12(13)15/h1-8,10H,9,21H2,(H,22,24). The van der Waals surface area contributed by atoms with Crippen molar-refractivity contribution < 1.29 is 18.1 Å². The highest BCUT2D eigenvalue weighted by Crippen LogP contribution is 2.34. The summed E-state index contributed by atoms with van der Waals surface area (Å²) in [5, 5.41) is 7.33. The minimum atomic E-state index is -0.507. The molecule has 0 saturated carbocycles. The van der Waals surface area contributed by atoms with Crippen LogP contribution < -0.4 is 11.1 Å². The van der Waals surface area contributed by atoms with E-state index in [9.17, 15) is 9.18 Å². The number of hydrogen-bond acceptors (Lipinski definition) is 5. The fourth-order valence-corrected chi connectivity index (χ4v) is 2.77. The lowest BCUT2D eigenvalue weighted by Gasteiger charge is -2.06. The first-order valence-electron chi connectivity index (χ1n) is 7.88. The molecule has 2 heterocycles.